The van der Waals surface area contributed by atoms with Gasteiger partial charge in [0.15, 0.2) is 11.5 Å². The van der Waals surface area contributed by atoms with Crippen molar-refractivity contribution in [2.75, 3.05) is 13.7 Å². The van der Waals surface area contributed by atoms with Crippen LogP contribution in [0.15, 0.2) is 54.7 Å². The fourth-order valence-corrected chi connectivity index (χ4v) is 4.31. The first-order valence-corrected chi connectivity index (χ1v) is 9.89. The van der Waals surface area contributed by atoms with E-state index in [1.807, 2.05) is 12.1 Å². The van der Waals surface area contributed by atoms with Crippen LogP contribution in [-0.2, 0) is 13.1 Å². The number of aromatic nitrogens is 1. The van der Waals surface area contributed by atoms with Gasteiger partial charge in [-0.15, -0.1) is 0 Å². The van der Waals surface area contributed by atoms with E-state index >= 15 is 0 Å². The third-order valence-electron chi connectivity index (χ3n) is 5.74. The molecule has 2 aromatic carbocycles. The molecule has 0 spiro atoms. The molecule has 4 rings (SSSR count). The number of rotatable bonds is 4. The third-order valence-corrected chi connectivity index (χ3v) is 5.74. The maximum Gasteiger partial charge on any atom is 0.160 e. The summed E-state index contributed by atoms with van der Waals surface area (Å²) in [5.74, 6) is 0.697. The molecular weight excluding hydrogens is 348 g/mol. The highest BCUT2D eigenvalue weighted by Crippen LogP contribution is 2.37. The second-order valence-electron chi connectivity index (χ2n) is 7.71. The lowest BCUT2D eigenvalue weighted by Crippen LogP contribution is -2.29. The first-order chi connectivity index (χ1) is 13.6. The SMILES string of the molecule is COc1ccc(C2c3cccn3CCCN2Cc2ccc(C)cc2C)cc1O. The fourth-order valence-electron chi connectivity index (χ4n) is 4.31. The van der Waals surface area contributed by atoms with Crippen LogP contribution in [0.4, 0.5) is 0 Å². The van der Waals surface area contributed by atoms with E-state index in [1.165, 1.54) is 22.4 Å². The smallest absolute Gasteiger partial charge is 0.160 e. The summed E-state index contributed by atoms with van der Waals surface area (Å²) < 4.78 is 7.59. The number of aromatic hydroxyl groups is 1. The van der Waals surface area contributed by atoms with Gasteiger partial charge in [-0.2, -0.15) is 0 Å². The molecule has 3 aromatic rings. The average molecular weight is 377 g/mol. The minimum atomic E-state index is 0.0926. The van der Waals surface area contributed by atoms with Gasteiger partial charge in [0, 0.05) is 31.5 Å². The molecule has 1 aliphatic heterocycles. The Labute approximate surface area is 167 Å². The normalized spacial score (nSPS) is 17.2. The molecule has 0 saturated heterocycles. The molecule has 0 bridgehead atoms. The van der Waals surface area contributed by atoms with E-state index < -0.39 is 0 Å². The van der Waals surface area contributed by atoms with Gasteiger partial charge in [0.05, 0.1) is 13.2 Å². The maximum atomic E-state index is 10.4. The van der Waals surface area contributed by atoms with Gasteiger partial charge in [0.25, 0.3) is 0 Å². The summed E-state index contributed by atoms with van der Waals surface area (Å²) in [6.07, 6.45) is 3.26. The molecule has 1 aromatic heterocycles. The fraction of sp³-hybridized carbons (Fsp3) is 0.333. The van der Waals surface area contributed by atoms with Crippen molar-refractivity contribution in [3.63, 3.8) is 0 Å². The van der Waals surface area contributed by atoms with Crippen molar-refractivity contribution >= 4 is 0 Å². The number of benzene rings is 2. The molecule has 0 amide bonds. The summed E-state index contributed by atoms with van der Waals surface area (Å²) in [4.78, 5) is 2.53. The van der Waals surface area contributed by atoms with Crippen LogP contribution >= 0.6 is 0 Å². The van der Waals surface area contributed by atoms with Crippen molar-refractivity contribution in [1.29, 1.82) is 0 Å². The molecule has 1 unspecified atom stereocenters. The molecule has 1 aliphatic rings. The molecule has 2 heterocycles. The van der Waals surface area contributed by atoms with Crippen molar-refractivity contribution in [1.82, 2.24) is 9.47 Å². The van der Waals surface area contributed by atoms with E-state index in [4.69, 9.17) is 4.74 Å². The van der Waals surface area contributed by atoms with E-state index in [0.29, 0.717) is 5.75 Å². The van der Waals surface area contributed by atoms with Crippen molar-refractivity contribution in [2.24, 2.45) is 0 Å². The zero-order chi connectivity index (χ0) is 19.7. The number of methoxy groups -OCH3 is 1. The lowest BCUT2D eigenvalue weighted by atomic mass is 9.99. The van der Waals surface area contributed by atoms with Gasteiger partial charge in [0.2, 0.25) is 0 Å². The molecule has 0 saturated carbocycles. The van der Waals surface area contributed by atoms with E-state index in [9.17, 15) is 5.11 Å². The number of hydrogen-bond donors (Lipinski definition) is 1. The van der Waals surface area contributed by atoms with Crippen LogP contribution in [0.5, 0.6) is 11.5 Å². The van der Waals surface area contributed by atoms with Gasteiger partial charge in [0.1, 0.15) is 0 Å². The van der Waals surface area contributed by atoms with E-state index in [0.717, 1.165) is 31.6 Å². The second-order valence-corrected chi connectivity index (χ2v) is 7.71. The molecule has 28 heavy (non-hydrogen) atoms. The molecular formula is C24H28N2O2. The Morgan fingerprint density at radius 1 is 1.07 bits per heavy atom. The first kappa shape index (κ1) is 18.6. The van der Waals surface area contributed by atoms with E-state index in [-0.39, 0.29) is 11.8 Å². The number of ether oxygens (including phenoxy) is 1. The number of aryl methyl sites for hydroxylation is 3. The van der Waals surface area contributed by atoms with Crippen molar-refractivity contribution < 1.29 is 9.84 Å². The van der Waals surface area contributed by atoms with Crippen LogP contribution in [-0.4, -0.2) is 28.2 Å². The number of phenolic OH excluding ortho intramolecular Hbond substituents is 1. The molecule has 146 valence electrons. The minimum Gasteiger partial charge on any atom is -0.504 e. The summed E-state index contributed by atoms with van der Waals surface area (Å²) >= 11 is 0. The summed E-state index contributed by atoms with van der Waals surface area (Å²) in [7, 11) is 1.58. The molecule has 0 aliphatic carbocycles. The van der Waals surface area contributed by atoms with Gasteiger partial charge in [-0.1, -0.05) is 29.8 Å². The summed E-state index contributed by atoms with van der Waals surface area (Å²) in [6.45, 7) is 7.24. The predicted molar refractivity (Wildman–Crippen MR) is 112 cm³/mol. The van der Waals surface area contributed by atoms with Crippen LogP contribution in [0.2, 0.25) is 0 Å². The lowest BCUT2D eigenvalue weighted by Gasteiger charge is -2.31. The Hall–Kier alpha value is -2.72. The van der Waals surface area contributed by atoms with Crippen LogP contribution in [0.25, 0.3) is 0 Å². The van der Waals surface area contributed by atoms with Gasteiger partial charge in [-0.25, -0.2) is 0 Å². The van der Waals surface area contributed by atoms with E-state index in [1.54, 1.807) is 7.11 Å². The van der Waals surface area contributed by atoms with Gasteiger partial charge in [-0.05, 0) is 61.2 Å². The lowest BCUT2D eigenvalue weighted by molar-refractivity contribution is 0.219. The van der Waals surface area contributed by atoms with Crippen molar-refractivity contribution in [3.05, 3.63) is 82.7 Å². The zero-order valence-electron chi connectivity index (χ0n) is 16.9. The highest BCUT2D eigenvalue weighted by molar-refractivity contribution is 5.44. The number of phenols is 1. The Bertz CT molecular complexity index is 976. The molecule has 1 atom stereocenters. The Morgan fingerprint density at radius 2 is 1.93 bits per heavy atom. The minimum absolute atomic E-state index is 0.0926. The molecule has 0 radical (unpaired) electrons. The van der Waals surface area contributed by atoms with Crippen LogP contribution in [0.3, 0.4) is 0 Å². The predicted octanol–water partition coefficient (Wildman–Crippen LogP) is 4.81. The van der Waals surface area contributed by atoms with Crippen LogP contribution in [0, 0.1) is 13.8 Å². The van der Waals surface area contributed by atoms with Crippen LogP contribution < -0.4 is 4.74 Å². The molecule has 4 heteroatoms. The highest BCUT2D eigenvalue weighted by atomic mass is 16.5. The van der Waals surface area contributed by atoms with Crippen molar-refractivity contribution in [3.8, 4) is 11.5 Å². The monoisotopic (exact) mass is 376 g/mol. The van der Waals surface area contributed by atoms with Crippen molar-refractivity contribution in [2.45, 2.75) is 39.4 Å². The van der Waals surface area contributed by atoms with Gasteiger partial charge < -0.3 is 14.4 Å². The maximum absolute atomic E-state index is 10.4. The summed E-state index contributed by atoms with van der Waals surface area (Å²) in [5.41, 5.74) is 6.34. The van der Waals surface area contributed by atoms with Crippen LogP contribution in [0.1, 0.15) is 40.4 Å². The number of hydrogen-bond acceptors (Lipinski definition) is 3. The highest BCUT2D eigenvalue weighted by Gasteiger charge is 2.28. The Kier molecular flexibility index (Phi) is 5.14. The zero-order valence-corrected chi connectivity index (χ0v) is 16.9. The summed E-state index contributed by atoms with van der Waals surface area (Å²) in [5, 5.41) is 10.4. The first-order valence-electron chi connectivity index (χ1n) is 9.89. The van der Waals surface area contributed by atoms with Gasteiger partial charge in [-0.3, -0.25) is 4.90 Å². The van der Waals surface area contributed by atoms with Gasteiger partial charge >= 0.3 is 0 Å². The number of fused-ring (bicyclic) bond motifs is 1. The molecule has 0 fully saturated rings. The Morgan fingerprint density at radius 3 is 2.68 bits per heavy atom. The number of nitrogens with zero attached hydrogens (tertiary/aromatic N) is 2. The largest absolute Gasteiger partial charge is 0.504 e. The van der Waals surface area contributed by atoms with E-state index in [2.05, 4.69) is 65.9 Å². The summed E-state index contributed by atoms with van der Waals surface area (Å²) in [6, 6.07) is 16.9. The Balaban J connectivity index is 1.76. The topological polar surface area (TPSA) is 37.6 Å². The quantitative estimate of drug-likeness (QED) is 0.710. The molecule has 4 nitrogen and oxygen atoms in total. The second kappa shape index (κ2) is 7.72. The third kappa shape index (κ3) is 3.52. The average Bonchev–Trinajstić information content (AvgIpc) is 3.05. The molecule has 1 N–H and O–H groups in total. The standard InChI is InChI=1S/C24H28N2O2/c1-17-7-8-20(18(2)14-17)16-26-13-5-12-25-11-4-6-21(25)24(26)19-9-10-23(28-3)22(27)15-19/h4,6-11,14-15,24,27H,5,12-13,16H2,1-3H3.